The van der Waals surface area contributed by atoms with Crippen molar-refractivity contribution in [3.63, 3.8) is 0 Å². The van der Waals surface area contributed by atoms with Crippen molar-refractivity contribution in [3.05, 3.63) is 0 Å². The molecule has 0 amide bonds. The van der Waals surface area contributed by atoms with E-state index < -0.39 is 31.0 Å². The van der Waals surface area contributed by atoms with E-state index in [2.05, 4.69) is 4.74 Å². The van der Waals surface area contributed by atoms with Gasteiger partial charge in [0.2, 0.25) is 0 Å². The van der Waals surface area contributed by atoms with Gasteiger partial charge >= 0.3 is 12.3 Å². The van der Waals surface area contributed by atoms with Crippen molar-refractivity contribution < 1.29 is 27.4 Å². The summed E-state index contributed by atoms with van der Waals surface area (Å²) >= 11 is 0. The summed E-state index contributed by atoms with van der Waals surface area (Å²) in [7, 11) is 0. The van der Waals surface area contributed by atoms with Crippen LogP contribution in [0, 0.1) is 0 Å². The number of alkyl halides is 3. The Morgan fingerprint density at radius 3 is 2.07 bits per heavy atom. The summed E-state index contributed by atoms with van der Waals surface area (Å²) < 4.78 is 42.6. The van der Waals surface area contributed by atoms with Crippen LogP contribution in [0.4, 0.5) is 13.2 Å². The number of halogens is 3. The van der Waals surface area contributed by atoms with Gasteiger partial charge in [0.15, 0.2) is 0 Å². The van der Waals surface area contributed by atoms with Gasteiger partial charge < -0.3 is 4.74 Å². The number of ether oxygens (including phenoxy) is 2. The third-order valence-corrected chi connectivity index (χ3v) is 0.992. The molecule has 6 heteroatoms. The number of carbonyl (C=O) groups excluding carboxylic acids is 1. The summed E-state index contributed by atoms with van der Waals surface area (Å²) in [4.78, 5) is 10.9. The van der Waals surface area contributed by atoms with E-state index in [4.69, 9.17) is 4.74 Å². The fourth-order valence-corrected chi connectivity index (χ4v) is 0.643. The first-order valence-corrected chi connectivity index (χ1v) is 4.03. The average molecular weight is 214 g/mol. The van der Waals surface area contributed by atoms with Crippen molar-refractivity contribution in [3.8, 4) is 0 Å². The fraction of sp³-hybridized carbons (Fsp3) is 0.875. The van der Waals surface area contributed by atoms with E-state index >= 15 is 0 Å². The highest BCUT2D eigenvalue weighted by Crippen LogP contribution is 2.16. The maximum Gasteiger partial charge on any atom is 0.522 e. The first-order valence-electron chi connectivity index (χ1n) is 4.03. The molecule has 0 aliphatic rings. The van der Waals surface area contributed by atoms with Crippen LogP contribution in [0.3, 0.4) is 0 Å². The lowest BCUT2D eigenvalue weighted by Gasteiger charge is -2.19. The van der Waals surface area contributed by atoms with Crippen molar-refractivity contribution in [1.82, 2.24) is 0 Å². The Morgan fingerprint density at radius 2 is 1.71 bits per heavy atom. The van der Waals surface area contributed by atoms with Gasteiger partial charge in [-0.3, -0.25) is 9.53 Å². The molecule has 0 spiro atoms. The van der Waals surface area contributed by atoms with Gasteiger partial charge in [-0.1, -0.05) is 0 Å². The molecule has 0 fully saturated rings. The quantitative estimate of drug-likeness (QED) is 0.676. The Labute approximate surface area is 80.2 Å². The van der Waals surface area contributed by atoms with E-state index in [-0.39, 0.29) is 0 Å². The summed E-state index contributed by atoms with van der Waals surface area (Å²) in [5.41, 5.74) is -0.685. The summed E-state index contributed by atoms with van der Waals surface area (Å²) in [5, 5.41) is 0. The normalized spacial score (nSPS) is 12.7. The second-order valence-corrected chi connectivity index (χ2v) is 3.63. The third-order valence-electron chi connectivity index (χ3n) is 0.992. The Balaban J connectivity index is 3.66. The van der Waals surface area contributed by atoms with Gasteiger partial charge in [-0.15, -0.1) is 13.2 Å². The van der Waals surface area contributed by atoms with Gasteiger partial charge in [-0.25, -0.2) is 0 Å². The number of hydrogen-bond donors (Lipinski definition) is 0. The Kier molecular flexibility index (Phi) is 4.38. The van der Waals surface area contributed by atoms with Crippen LogP contribution in [-0.4, -0.2) is 24.5 Å². The van der Waals surface area contributed by atoms with Gasteiger partial charge in [0.25, 0.3) is 0 Å². The van der Waals surface area contributed by atoms with Gasteiger partial charge in [-0.2, -0.15) is 0 Å². The maximum absolute atomic E-state index is 11.5. The minimum atomic E-state index is -4.69. The monoisotopic (exact) mass is 214 g/mol. The highest BCUT2D eigenvalue weighted by molar-refractivity contribution is 5.69. The van der Waals surface area contributed by atoms with E-state index in [1.54, 1.807) is 20.8 Å². The highest BCUT2D eigenvalue weighted by Gasteiger charge is 2.29. The van der Waals surface area contributed by atoms with Crippen molar-refractivity contribution >= 4 is 5.97 Å². The Bertz CT molecular complexity index is 193. The number of rotatable bonds is 3. The zero-order valence-corrected chi connectivity index (χ0v) is 8.27. The molecule has 0 aromatic carbocycles. The molecule has 0 heterocycles. The van der Waals surface area contributed by atoms with Crippen LogP contribution in [0.15, 0.2) is 0 Å². The lowest BCUT2D eigenvalue weighted by atomic mass is 10.2. The molecule has 0 bridgehead atoms. The molecule has 84 valence electrons. The molecular formula is C8H13F3O3. The zero-order chi connectivity index (χ0) is 11.4. The fourth-order valence-electron chi connectivity index (χ4n) is 0.643. The van der Waals surface area contributed by atoms with Crippen LogP contribution in [-0.2, 0) is 14.3 Å². The van der Waals surface area contributed by atoms with Crippen molar-refractivity contribution in [2.75, 3.05) is 6.61 Å². The third kappa shape index (κ3) is 9.31. The van der Waals surface area contributed by atoms with Crippen molar-refractivity contribution in [1.29, 1.82) is 0 Å². The lowest BCUT2D eigenvalue weighted by molar-refractivity contribution is -0.324. The lowest BCUT2D eigenvalue weighted by Crippen LogP contribution is -2.25. The number of hydrogen-bond acceptors (Lipinski definition) is 3. The zero-order valence-electron chi connectivity index (χ0n) is 8.27. The van der Waals surface area contributed by atoms with E-state index in [1.165, 1.54) is 0 Å². The second-order valence-electron chi connectivity index (χ2n) is 3.63. The minimum Gasteiger partial charge on any atom is -0.460 e. The molecule has 14 heavy (non-hydrogen) atoms. The summed E-state index contributed by atoms with van der Waals surface area (Å²) in [6.45, 7) is 4.19. The van der Waals surface area contributed by atoms with Gasteiger partial charge in [-0.05, 0) is 20.8 Å². The SMILES string of the molecule is CC(C)(C)OC(=O)CCOC(F)(F)F. The van der Waals surface area contributed by atoms with E-state index in [9.17, 15) is 18.0 Å². The van der Waals surface area contributed by atoms with Crippen LogP contribution in [0.2, 0.25) is 0 Å². The molecule has 0 unspecified atom stereocenters. The summed E-state index contributed by atoms with van der Waals surface area (Å²) in [6, 6.07) is 0. The minimum absolute atomic E-state index is 0.406. The Morgan fingerprint density at radius 1 is 1.21 bits per heavy atom. The predicted octanol–water partition coefficient (Wildman–Crippen LogP) is 2.25. The van der Waals surface area contributed by atoms with E-state index in [0.717, 1.165) is 0 Å². The predicted molar refractivity (Wildman–Crippen MR) is 42.5 cm³/mol. The highest BCUT2D eigenvalue weighted by atomic mass is 19.4. The number of esters is 1. The molecule has 0 aromatic rings. The van der Waals surface area contributed by atoms with Gasteiger partial charge in [0, 0.05) is 0 Å². The molecule has 0 saturated carbocycles. The van der Waals surface area contributed by atoms with Crippen molar-refractivity contribution in [2.24, 2.45) is 0 Å². The second kappa shape index (κ2) is 4.63. The van der Waals surface area contributed by atoms with E-state index in [1.807, 2.05) is 0 Å². The van der Waals surface area contributed by atoms with Crippen LogP contribution in [0.1, 0.15) is 27.2 Å². The van der Waals surface area contributed by atoms with Gasteiger partial charge in [0.05, 0.1) is 13.0 Å². The molecule has 0 radical (unpaired) electrons. The largest absolute Gasteiger partial charge is 0.522 e. The molecule has 0 aromatic heterocycles. The molecule has 0 N–H and O–H groups in total. The molecule has 3 nitrogen and oxygen atoms in total. The molecule has 0 saturated heterocycles. The molecule has 0 rings (SSSR count). The van der Waals surface area contributed by atoms with Crippen LogP contribution in [0.25, 0.3) is 0 Å². The van der Waals surface area contributed by atoms with Crippen LogP contribution >= 0.6 is 0 Å². The van der Waals surface area contributed by atoms with Crippen LogP contribution < -0.4 is 0 Å². The molecule has 0 aliphatic heterocycles. The van der Waals surface area contributed by atoms with Gasteiger partial charge in [0.1, 0.15) is 5.60 Å². The summed E-state index contributed by atoms with van der Waals surface area (Å²) in [5.74, 6) is -0.707. The molecular weight excluding hydrogens is 201 g/mol. The number of carbonyl (C=O) groups is 1. The van der Waals surface area contributed by atoms with E-state index in [0.29, 0.717) is 0 Å². The smallest absolute Gasteiger partial charge is 0.460 e. The van der Waals surface area contributed by atoms with Crippen LogP contribution in [0.5, 0.6) is 0 Å². The Hall–Kier alpha value is -0.780. The first kappa shape index (κ1) is 13.2. The average Bonchev–Trinajstić information content (AvgIpc) is 1.78. The molecule has 0 aliphatic carbocycles. The first-order chi connectivity index (χ1) is 6.10. The topological polar surface area (TPSA) is 35.5 Å². The maximum atomic E-state index is 11.5. The molecule has 0 atom stereocenters. The standard InChI is InChI=1S/C8H13F3O3/c1-7(2,3)14-6(12)4-5-13-8(9,10)11/h4-5H2,1-3H3. The summed E-state index contributed by atoms with van der Waals surface area (Å²) in [6.07, 6.45) is -5.10. The van der Waals surface area contributed by atoms with Crippen molar-refractivity contribution in [2.45, 2.75) is 39.2 Å².